The Bertz CT molecular complexity index is 1510. The van der Waals surface area contributed by atoms with Crippen LogP contribution in [0.25, 0.3) is 5.69 Å². The molecular weight excluding hydrogens is 490 g/mol. The number of rotatable bonds is 6. The first-order valence-electron chi connectivity index (χ1n) is 13.0. The maximum Gasteiger partial charge on any atom is 0.224 e. The van der Waals surface area contributed by atoms with E-state index in [1.807, 2.05) is 50.4 Å². The Morgan fingerprint density at radius 3 is 2.50 bits per heavy atom. The predicted molar refractivity (Wildman–Crippen MR) is 158 cm³/mol. The molecule has 6 nitrogen and oxygen atoms in total. The van der Waals surface area contributed by atoms with Crippen molar-refractivity contribution in [3.05, 3.63) is 107 Å². The molecule has 0 spiro atoms. The Balaban J connectivity index is 1.64. The topological polar surface area (TPSA) is 62.2 Å². The van der Waals surface area contributed by atoms with Crippen molar-refractivity contribution in [2.45, 2.75) is 53.1 Å². The summed E-state index contributed by atoms with van der Waals surface area (Å²) in [6, 6.07) is 22.7. The molecule has 5 rings (SSSR count). The number of nitrogens with one attached hydrogen (secondary N) is 2. The molecule has 1 aliphatic heterocycles. The van der Waals surface area contributed by atoms with E-state index in [4.69, 9.17) is 17.2 Å². The Kier molecular flexibility index (Phi) is 7.04. The molecule has 0 aliphatic carbocycles. The SMILES string of the molecule is CCC(=O)Nc1ccc(N2C(=S)N[C@H](c3ccccn3)[C@H]2c2cc(C)n(-c3cccc(C)c3)c2C)cc1C. The van der Waals surface area contributed by atoms with E-state index < -0.39 is 0 Å². The minimum atomic E-state index is -0.130. The van der Waals surface area contributed by atoms with Gasteiger partial charge in [-0.15, -0.1) is 0 Å². The van der Waals surface area contributed by atoms with Crippen LogP contribution in [0.3, 0.4) is 0 Å². The van der Waals surface area contributed by atoms with Crippen molar-refractivity contribution in [3.8, 4) is 5.69 Å². The van der Waals surface area contributed by atoms with Gasteiger partial charge in [0.15, 0.2) is 5.11 Å². The van der Waals surface area contributed by atoms with Gasteiger partial charge < -0.3 is 20.1 Å². The van der Waals surface area contributed by atoms with E-state index in [9.17, 15) is 4.79 Å². The van der Waals surface area contributed by atoms with Crippen LogP contribution in [0.5, 0.6) is 0 Å². The lowest BCUT2D eigenvalue weighted by Gasteiger charge is -2.29. The van der Waals surface area contributed by atoms with Gasteiger partial charge in [-0.1, -0.05) is 25.1 Å². The first kappa shape index (κ1) is 25.7. The minimum Gasteiger partial charge on any atom is -0.351 e. The smallest absolute Gasteiger partial charge is 0.224 e. The standard InChI is InChI=1S/C31H33N5OS/c1-6-28(37)33-26-14-13-24(17-20(26)3)36-30(29(34-31(36)38)27-12-7-8-15-32-27)25-18-21(4)35(22(25)5)23-11-9-10-19(2)16-23/h7-18,29-30H,6H2,1-5H3,(H,33,37)(H,34,38)/t29-,30-/m1/s1. The molecule has 38 heavy (non-hydrogen) atoms. The van der Waals surface area contributed by atoms with E-state index in [-0.39, 0.29) is 18.0 Å². The fourth-order valence-corrected chi connectivity index (χ4v) is 5.72. The molecule has 1 amide bonds. The number of nitrogens with zero attached hydrogens (tertiary/aromatic N) is 3. The van der Waals surface area contributed by atoms with Crippen molar-refractivity contribution >= 4 is 34.6 Å². The maximum absolute atomic E-state index is 12.0. The number of anilines is 2. The van der Waals surface area contributed by atoms with Crippen LogP contribution < -0.4 is 15.5 Å². The monoisotopic (exact) mass is 523 g/mol. The second-order valence-electron chi connectivity index (χ2n) is 9.90. The van der Waals surface area contributed by atoms with Gasteiger partial charge in [0.1, 0.15) is 0 Å². The zero-order chi connectivity index (χ0) is 27.0. The van der Waals surface area contributed by atoms with Gasteiger partial charge in [0.2, 0.25) is 5.91 Å². The highest BCUT2D eigenvalue weighted by Gasteiger charge is 2.42. The van der Waals surface area contributed by atoms with E-state index in [0.29, 0.717) is 11.5 Å². The van der Waals surface area contributed by atoms with Crippen LogP contribution in [0.4, 0.5) is 11.4 Å². The molecular formula is C31H33N5OS. The third kappa shape index (κ3) is 4.70. The lowest BCUT2D eigenvalue weighted by Crippen LogP contribution is -2.29. The summed E-state index contributed by atoms with van der Waals surface area (Å²) in [6.45, 7) is 10.3. The number of aryl methyl sites for hydroxylation is 3. The summed E-state index contributed by atoms with van der Waals surface area (Å²) in [7, 11) is 0. The van der Waals surface area contributed by atoms with Crippen LogP contribution in [0.15, 0.2) is 72.9 Å². The Morgan fingerprint density at radius 1 is 1.00 bits per heavy atom. The minimum absolute atomic E-state index is 0.00380. The quantitative estimate of drug-likeness (QED) is 0.278. The fraction of sp³-hybridized carbons (Fsp3) is 0.258. The van der Waals surface area contributed by atoms with Crippen LogP contribution >= 0.6 is 12.2 Å². The Morgan fingerprint density at radius 2 is 1.82 bits per heavy atom. The van der Waals surface area contributed by atoms with Gasteiger partial charge in [-0.2, -0.15) is 0 Å². The number of aromatic nitrogens is 2. The third-order valence-electron chi connectivity index (χ3n) is 7.23. The summed E-state index contributed by atoms with van der Waals surface area (Å²) in [4.78, 5) is 18.9. The molecule has 194 valence electrons. The highest BCUT2D eigenvalue weighted by atomic mass is 32.1. The number of thiocarbonyl (C=S) groups is 1. The molecule has 1 fully saturated rings. The summed E-state index contributed by atoms with van der Waals surface area (Å²) in [6.07, 6.45) is 2.26. The average molecular weight is 524 g/mol. The molecule has 4 aromatic rings. The van der Waals surface area contributed by atoms with Gasteiger partial charge in [0.25, 0.3) is 0 Å². The zero-order valence-corrected chi connectivity index (χ0v) is 23.3. The number of hydrogen-bond acceptors (Lipinski definition) is 3. The van der Waals surface area contributed by atoms with Gasteiger partial charge in [-0.05, 0) is 105 Å². The van der Waals surface area contributed by atoms with E-state index in [1.54, 1.807) is 0 Å². The van der Waals surface area contributed by atoms with Gasteiger partial charge >= 0.3 is 0 Å². The molecule has 2 aromatic heterocycles. The van der Waals surface area contributed by atoms with Gasteiger partial charge in [-0.25, -0.2) is 0 Å². The Labute approximate surface area is 229 Å². The third-order valence-corrected chi connectivity index (χ3v) is 7.54. The van der Waals surface area contributed by atoms with Crippen LogP contribution in [0.2, 0.25) is 0 Å². The van der Waals surface area contributed by atoms with E-state index in [1.165, 1.54) is 16.8 Å². The predicted octanol–water partition coefficient (Wildman–Crippen LogP) is 6.63. The van der Waals surface area contributed by atoms with Crippen molar-refractivity contribution < 1.29 is 4.79 Å². The van der Waals surface area contributed by atoms with Gasteiger partial charge in [0.05, 0.1) is 17.8 Å². The van der Waals surface area contributed by atoms with Crippen LogP contribution in [0, 0.1) is 27.7 Å². The number of amides is 1. The lowest BCUT2D eigenvalue weighted by atomic mass is 9.96. The van der Waals surface area contributed by atoms with Gasteiger partial charge in [0, 0.05) is 41.1 Å². The number of carbonyl (C=O) groups excluding carboxylic acids is 1. The van der Waals surface area contributed by atoms with Crippen molar-refractivity contribution in [2.24, 2.45) is 0 Å². The summed E-state index contributed by atoms with van der Waals surface area (Å²) < 4.78 is 2.31. The van der Waals surface area contributed by atoms with E-state index >= 15 is 0 Å². The fourth-order valence-electron chi connectivity index (χ4n) is 5.38. The summed E-state index contributed by atoms with van der Waals surface area (Å²) >= 11 is 5.95. The van der Waals surface area contributed by atoms with Gasteiger partial charge in [-0.3, -0.25) is 9.78 Å². The normalized spacial score (nSPS) is 17.0. The number of hydrogen-bond donors (Lipinski definition) is 2. The Hall–Kier alpha value is -3.97. The number of benzene rings is 2. The molecule has 7 heteroatoms. The molecule has 0 saturated carbocycles. The van der Waals surface area contributed by atoms with Crippen LogP contribution in [-0.2, 0) is 4.79 Å². The van der Waals surface area contributed by atoms with E-state index in [2.05, 4.69) is 77.3 Å². The molecule has 0 unspecified atom stereocenters. The second kappa shape index (κ2) is 10.4. The molecule has 0 radical (unpaired) electrons. The van der Waals surface area contributed by atoms with Crippen LogP contribution in [-0.4, -0.2) is 20.6 Å². The highest BCUT2D eigenvalue weighted by molar-refractivity contribution is 7.80. The highest BCUT2D eigenvalue weighted by Crippen LogP contribution is 2.44. The lowest BCUT2D eigenvalue weighted by molar-refractivity contribution is -0.115. The van der Waals surface area contributed by atoms with Crippen molar-refractivity contribution in [3.63, 3.8) is 0 Å². The molecule has 0 bridgehead atoms. The maximum atomic E-state index is 12.0. The molecule has 3 heterocycles. The molecule has 1 saturated heterocycles. The largest absolute Gasteiger partial charge is 0.351 e. The zero-order valence-electron chi connectivity index (χ0n) is 22.4. The number of carbonyl (C=O) groups is 1. The molecule has 2 aromatic carbocycles. The van der Waals surface area contributed by atoms with Crippen LogP contribution in [0.1, 0.15) is 59.2 Å². The van der Waals surface area contributed by atoms with E-state index in [0.717, 1.165) is 34.0 Å². The molecule has 1 aliphatic rings. The second-order valence-corrected chi connectivity index (χ2v) is 10.3. The number of pyridine rings is 1. The summed E-state index contributed by atoms with van der Waals surface area (Å²) in [5.41, 5.74) is 9.59. The van der Waals surface area contributed by atoms with Crippen molar-refractivity contribution in [1.82, 2.24) is 14.9 Å². The molecule has 2 N–H and O–H groups in total. The van der Waals surface area contributed by atoms with Crippen molar-refractivity contribution in [1.29, 1.82) is 0 Å². The first-order valence-corrected chi connectivity index (χ1v) is 13.4. The summed E-state index contributed by atoms with van der Waals surface area (Å²) in [5.74, 6) is -0.00380. The average Bonchev–Trinajstić information content (AvgIpc) is 3.40. The molecule has 2 atom stereocenters. The van der Waals surface area contributed by atoms with Crippen molar-refractivity contribution in [2.75, 3.05) is 10.2 Å². The first-order chi connectivity index (χ1) is 18.3. The summed E-state index contributed by atoms with van der Waals surface area (Å²) in [5, 5.41) is 7.20.